The number of nitrogens with one attached hydrogen (secondary N) is 1. The number of hydrogen-bond donors (Lipinski definition) is 2. The predicted molar refractivity (Wildman–Crippen MR) is 117 cm³/mol. The number of rotatable bonds is 3. The van der Waals surface area contributed by atoms with Gasteiger partial charge < -0.3 is 5.11 Å². The van der Waals surface area contributed by atoms with Gasteiger partial charge in [-0.1, -0.05) is 42.0 Å². The average molecular weight is 415 g/mol. The van der Waals surface area contributed by atoms with E-state index in [0.29, 0.717) is 5.36 Å². The first-order valence-corrected chi connectivity index (χ1v) is 9.82. The van der Waals surface area contributed by atoms with Crippen LogP contribution >= 0.6 is 0 Å². The number of amides is 1. The highest BCUT2D eigenvalue weighted by Crippen LogP contribution is 2.23. The van der Waals surface area contributed by atoms with Gasteiger partial charge in [0, 0.05) is 10.8 Å². The van der Waals surface area contributed by atoms with Gasteiger partial charge in [0.2, 0.25) is 5.88 Å². The molecule has 2 heterocycles. The Hall–Kier alpha value is -4.00. The number of carbonyl (C=O) groups excluding carboxylic acids is 1. The quantitative estimate of drug-likeness (QED) is 0.633. The fourth-order valence-electron chi connectivity index (χ4n) is 3.83. The van der Waals surface area contributed by atoms with Gasteiger partial charge in [-0.25, -0.2) is 9.79 Å². The van der Waals surface area contributed by atoms with Gasteiger partial charge >= 0.3 is 5.69 Å². The van der Waals surface area contributed by atoms with Crippen LogP contribution < -0.4 is 21.8 Å². The highest BCUT2D eigenvalue weighted by Gasteiger charge is 2.20. The molecule has 3 aromatic rings. The van der Waals surface area contributed by atoms with Crippen molar-refractivity contribution in [2.45, 2.75) is 26.8 Å². The highest BCUT2D eigenvalue weighted by molar-refractivity contribution is 6.07. The van der Waals surface area contributed by atoms with Crippen LogP contribution in [-0.4, -0.2) is 20.6 Å². The molecular weight excluding hydrogens is 394 g/mol. The van der Waals surface area contributed by atoms with Gasteiger partial charge in [-0.2, -0.15) is 0 Å². The second kappa shape index (κ2) is 7.68. The standard InChI is InChI=1S/C24H21N3O4/c1-13-9-14(2)20-17(10-13)11-18(21(28)25-20)12-19-22(29)26-24(31)27(23(19)30)15(3)16-7-5-4-6-8-16/h4-12,15,30H,1-3H3,(H,26,29,31)/t15-/m1/s1. The summed E-state index contributed by atoms with van der Waals surface area (Å²) >= 11 is 0. The number of fused-ring (bicyclic) bond motifs is 1. The zero-order valence-electron chi connectivity index (χ0n) is 17.3. The van der Waals surface area contributed by atoms with Gasteiger partial charge in [0.25, 0.3) is 11.5 Å². The van der Waals surface area contributed by atoms with Crippen LogP contribution in [0.25, 0.3) is 12.2 Å². The third kappa shape index (κ3) is 3.66. The molecule has 1 aliphatic heterocycles. The Morgan fingerprint density at radius 2 is 1.81 bits per heavy atom. The maximum Gasteiger partial charge on any atom is 0.331 e. The lowest BCUT2D eigenvalue weighted by atomic mass is 10.0. The van der Waals surface area contributed by atoms with E-state index in [-0.39, 0.29) is 11.1 Å². The van der Waals surface area contributed by atoms with Gasteiger partial charge in [-0.05, 0) is 50.1 Å². The van der Waals surface area contributed by atoms with Crippen LogP contribution in [0.5, 0.6) is 5.88 Å². The minimum Gasteiger partial charge on any atom is -0.494 e. The predicted octanol–water partition coefficient (Wildman–Crippen LogP) is 1.49. The topological polar surface area (TPSA) is 105 Å². The van der Waals surface area contributed by atoms with E-state index in [4.69, 9.17) is 0 Å². The van der Waals surface area contributed by atoms with E-state index in [1.165, 1.54) is 6.08 Å². The Morgan fingerprint density at radius 3 is 2.52 bits per heavy atom. The summed E-state index contributed by atoms with van der Waals surface area (Å²) in [5.74, 6) is -1.03. The number of aryl methyl sites for hydroxylation is 2. The van der Waals surface area contributed by atoms with Crippen molar-refractivity contribution in [3.05, 3.63) is 102 Å². The third-order valence-corrected chi connectivity index (χ3v) is 5.37. The second-order valence-corrected chi connectivity index (χ2v) is 7.63. The number of aromatic nitrogens is 2. The number of hydrogen-bond acceptors (Lipinski definition) is 4. The lowest BCUT2D eigenvalue weighted by Crippen LogP contribution is -2.34. The number of aromatic amines is 1. The number of benzene rings is 2. The smallest absolute Gasteiger partial charge is 0.331 e. The normalized spacial score (nSPS) is 15.2. The Bertz CT molecular complexity index is 1480. The van der Waals surface area contributed by atoms with Gasteiger partial charge in [-0.3, -0.25) is 19.1 Å². The molecular formula is C24H21N3O4. The van der Waals surface area contributed by atoms with Crippen LogP contribution in [0.4, 0.5) is 0 Å². The minimum atomic E-state index is -0.779. The van der Waals surface area contributed by atoms with Crippen LogP contribution in [0.2, 0.25) is 0 Å². The molecule has 0 radical (unpaired) electrons. The SMILES string of the molecule is Cc1cc(C)c2c(c1)=CC(=Cc1c(O)n([C@H](C)c3ccccc3)c(=O)[nH]c1=O)C(=O)N=2. The first-order chi connectivity index (χ1) is 14.8. The largest absolute Gasteiger partial charge is 0.494 e. The zero-order chi connectivity index (χ0) is 22.3. The summed E-state index contributed by atoms with van der Waals surface area (Å²) in [5, 5.41) is 12.2. The lowest BCUT2D eigenvalue weighted by Gasteiger charge is -2.18. The van der Waals surface area contributed by atoms with E-state index in [1.54, 1.807) is 13.0 Å². The average Bonchev–Trinajstić information content (AvgIpc) is 2.72. The summed E-state index contributed by atoms with van der Waals surface area (Å²) in [6.45, 7) is 5.56. The molecule has 0 fully saturated rings. The second-order valence-electron chi connectivity index (χ2n) is 7.63. The van der Waals surface area contributed by atoms with Crippen molar-refractivity contribution in [3.63, 3.8) is 0 Å². The van der Waals surface area contributed by atoms with E-state index < -0.39 is 29.1 Å². The van der Waals surface area contributed by atoms with Crippen LogP contribution in [-0.2, 0) is 4.79 Å². The van der Waals surface area contributed by atoms with Crippen molar-refractivity contribution in [2.24, 2.45) is 4.99 Å². The van der Waals surface area contributed by atoms with Crippen molar-refractivity contribution in [1.82, 2.24) is 9.55 Å². The molecule has 31 heavy (non-hydrogen) atoms. The van der Waals surface area contributed by atoms with Crippen molar-refractivity contribution >= 4 is 18.1 Å². The summed E-state index contributed by atoms with van der Waals surface area (Å²) in [6, 6.07) is 12.4. The number of aromatic hydroxyl groups is 1. The Labute approximate surface area is 177 Å². The molecule has 0 spiro atoms. The third-order valence-electron chi connectivity index (χ3n) is 5.37. The molecule has 0 saturated carbocycles. The number of nitrogens with zero attached hydrogens (tertiary/aromatic N) is 2. The molecule has 0 aliphatic carbocycles. The Balaban J connectivity index is 1.90. The fourth-order valence-corrected chi connectivity index (χ4v) is 3.83. The molecule has 7 heteroatoms. The van der Waals surface area contributed by atoms with Crippen LogP contribution in [0.3, 0.4) is 0 Å². The first-order valence-electron chi connectivity index (χ1n) is 9.82. The van der Waals surface area contributed by atoms with Gasteiger partial charge in [-0.15, -0.1) is 0 Å². The molecule has 1 amide bonds. The summed E-state index contributed by atoms with van der Waals surface area (Å²) in [7, 11) is 0. The molecule has 0 unspecified atom stereocenters. The Kier molecular flexibility index (Phi) is 5.02. The Morgan fingerprint density at radius 1 is 1.10 bits per heavy atom. The summed E-state index contributed by atoms with van der Waals surface area (Å²) < 4.78 is 1.09. The monoisotopic (exact) mass is 415 g/mol. The molecule has 7 nitrogen and oxygen atoms in total. The van der Waals surface area contributed by atoms with Gasteiger partial charge in [0.1, 0.15) is 5.56 Å². The molecule has 1 aromatic heterocycles. The number of H-pyrrole nitrogens is 1. The summed E-state index contributed by atoms with van der Waals surface area (Å²) in [5.41, 5.74) is 1.13. The zero-order valence-corrected chi connectivity index (χ0v) is 17.3. The molecule has 156 valence electrons. The minimum absolute atomic E-state index is 0.149. The summed E-state index contributed by atoms with van der Waals surface area (Å²) in [6.07, 6.45) is 2.91. The molecule has 4 rings (SSSR count). The van der Waals surface area contributed by atoms with E-state index in [0.717, 1.165) is 26.5 Å². The maximum absolute atomic E-state index is 12.6. The van der Waals surface area contributed by atoms with E-state index in [2.05, 4.69) is 9.98 Å². The van der Waals surface area contributed by atoms with Crippen molar-refractivity contribution < 1.29 is 9.90 Å². The van der Waals surface area contributed by atoms with E-state index in [9.17, 15) is 19.5 Å². The van der Waals surface area contributed by atoms with Crippen molar-refractivity contribution in [2.75, 3.05) is 0 Å². The van der Waals surface area contributed by atoms with E-state index >= 15 is 0 Å². The molecule has 2 aromatic carbocycles. The first kappa shape index (κ1) is 20.3. The van der Waals surface area contributed by atoms with Crippen molar-refractivity contribution in [3.8, 4) is 5.88 Å². The molecule has 0 bridgehead atoms. The molecule has 0 saturated heterocycles. The number of carbonyl (C=O) groups is 1. The lowest BCUT2D eigenvalue weighted by molar-refractivity contribution is -0.114. The fraction of sp³-hybridized carbons (Fsp3) is 0.167. The molecule has 1 atom stereocenters. The maximum atomic E-state index is 12.6. The highest BCUT2D eigenvalue weighted by atomic mass is 16.3. The van der Waals surface area contributed by atoms with Crippen LogP contribution in [0, 0.1) is 13.8 Å². The molecule has 1 aliphatic rings. The van der Waals surface area contributed by atoms with E-state index in [1.807, 2.05) is 56.3 Å². The molecule has 2 N–H and O–H groups in total. The van der Waals surface area contributed by atoms with Crippen LogP contribution in [0.15, 0.2) is 62.6 Å². The van der Waals surface area contributed by atoms with Gasteiger partial charge in [0.15, 0.2) is 0 Å². The van der Waals surface area contributed by atoms with Crippen molar-refractivity contribution in [1.29, 1.82) is 0 Å². The summed E-state index contributed by atoms with van der Waals surface area (Å²) in [4.78, 5) is 43.9. The van der Waals surface area contributed by atoms with Crippen LogP contribution in [0.1, 0.15) is 35.2 Å². The van der Waals surface area contributed by atoms with Gasteiger partial charge in [0.05, 0.1) is 11.4 Å².